The van der Waals surface area contributed by atoms with Crippen molar-refractivity contribution in [2.24, 2.45) is 0 Å². The molecular weight excluding hydrogens is 262 g/mol. The third kappa shape index (κ3) is 2.20. The van der Waals surface area contributed by atoms with Gasteiger partial charge in [0.05, 0.1) is 5.52 Å². The van der Waals surface area contributed by atoms with Gasteiger partial charge < -0.3 is 19.5 Å². The number of phenolic OH excluding ortho intramolecular Hbond substituents is 1. The summed E-state index contributed by atoms with van der Waals surface area (Å²) >= 11 is 0. The molecule has 20 heavy (non-hydrogen) atoms. The molecule has 0 aliphatic heterocycles. The Morgan fingerprint density at radius 2 is 1.95 bits per heavy atom. The van der Waals surface area contributed by atoms with Crippen LogP contribution in [-0.2, 0) is 4.79 Å². The minimum atomic E-state index is -0.689. The second-order valence-corrected chi connectivity index (χ2v) is 4.74. The predicted octanol–water partition coefficient (Wildman–Crippen LogP) is 1.92. The van der Waals surface area contributed by atoms with Gasteiger partial charge in [0.25, 0.3) is 5.56 Å². The number of nitrogens with zero attached hydrogens (tertiary/aromatic N) is 1. The Balaban J connectivity index is 2.94. The van der Waals surface area contributed by atoms with E-state index in [2.05, 4.69) is 0 Å². The molecule has 0 aliphatic rings. The highest BCUT2D eigenvalue weighted by atomic mass is 16.5. The largest absolute Gasteiger partial charge is 0.508 e. The Morgan fingerprint density at radius 1 is 1.30 bits per heavy atom. The van der Waals surface area contributed by atoms with E-state index >= 15 is 0 Å². The fourth-order valence-electron chi connectivity index (χ4n) is 2.11. The number of fused-ring (bicyclic) bond motifs is 1. The van der Waals surface area contributed by atoms with Crippen molar-refractivity contribution in [2.45, 2.75) is 26.8 Å². The molecule has 6 nitrogen and oxygen atoms in total. The lowest BCUT2D eigenvalue weighted by Crippen LogP contribution is -2.25. The third-order valence-corrected chi connectivity index (χ3v) is 2.89. The fraction of sp³-hybridized carbons (Fsp3) is 0.286. The molecule has 1 heterocycles. The smallest absolute Gasteiger partial charge is 0.308 e. The maximum atomic E-state index is 12.3. The molecule has 0 saturated carbocycles. The van der Waals surface area contributed by atoms with Gasteiger partial charge in [0.2, 0.25) is 5.75 Å². The summed E-state index contributed by atoms with van der Waals surface area (Å²) in [7, 11) is 0. The molecule has 2 N–H and O–H groups in total. The molecule has 0 aliphatic carbocycles. The number of esters is 1. The van der Waals surface area contributed by atoms with Crippen LogP contribution in [0.2, 0.25) is 0 Å². The molecule has 2 rings (SSSR count). The quantitative estimate of drug-likeness (QED) is 0.819. The number of rotatable bonds is 2. The van der Waals surface area contributed by atoms with Crippen LogP contribution in [0, 0.1) is 0 Å². The summed E-state index contributed by atoms with van der Waals surface area (Å²) in [5.74, 6) is -1.52. The minimum absolute atomic E-state index is 0.0223. The summed E-state index contributed by atoms with van der Waals surface area (Å²) in [4.78, 5) is 23.4. The molecular formula is C14H15NO5. The average Bonchev–Trinajstić information content (AvgIpc) is 2.33. The molecule has 106 valence electrons. The first-order chi connectivity index (χ1) is 9.32. The zero-order valence-electron chi connectivity index (χ0n) is 11.4. The maximum Gasteiger partial charge on any atom is 0.308 e. The first-order valence-corrected chi connectivity index (χ1v) is 6.11. The van der Waals surface area contributed by atoms with Gasteiger partial charge in [-0.3, -0.25) is 9.59 Å². The van der Waals surface area contributed by atoms with E-state index < -0.39 is 23.0 Å². The summed E-state index contributed by atoms with van der Waals surface area (Å²) in [5.41, 5.74) is -0.246. The summed E-state index contributed by atoms with van der Waals surface area (Å²) < 4.78 is 6.17. The summed E-state index contributed by atoms with van der Waals surface area (Å²) in [6.07, 6.45) is 0. The molecule has 0 radical (unpaired) electrons. The van der Waals surface area contributed by atoms with Crippen LogP contribution in [0.5, 0.6) is 17.2 Å². The SMILES string of the molecule is CC(=O)Oc1c(O)c2ccc(O)cc2n(C(C)C)c1=O. The Kier molecular flexibility index (Phi) is 3.40. The molecule has 0 atom stereocenters. The van der Waals surface area contributed by atoms with Crippen LogP contribution in [0.1, 0.15) is 26.8 Å². The Labute approximate surface area is 114 Å². The highest BCUT2D eigenvalue weighted by Crippen LogP contribution is 2.34. The van der Waals surface area contributed by atoms with E-state index in [0.29, 0.717) is 10.9 Å². The number of carbonyl (C=O) groups excluding carboxylic acids is 1. The van der Waals surface area contributed by atoms with E-state index in [1.54, 1.807) is 13.8 Å². The van der Waals surface area contributed by atoms with Crippen LogP contribution in [0.3, 0.4) is 0 Å². The number of carbonyl (C=O) groups is 1. The normalized spacial score (nSPS) is 11.0. The number of pyridine rings is 1. The molecule has 0 saturated heterocycles. The number of aromatic nitrogens is 1. The van der Waals surface area contributed by atoms with Gasteiger partial charge in [-0.25, -0.2) is 0 Å². The first kappa shape index (κ1) is 13.9. The van der Waals surface area contributed by atoms with Gasteiger partial charge in [0, 0.05) is 24.4 Å². The van der Waals surface area contributed by atoms with Crippen molar-refractivity contribution in [2.75, 3.05) is 0 Å². The van der Waals surface area contributed by atoms with Gasteiger partial charge >= 0.3 is 5.97 Å². The highest BCUT2D eigenvalue weighted by Gasteiger charge is 2.20. The van der Waals surface area contributed by atoms with E-state index in [4.69, 9.17) is 4.74 Å². The van der Waals surface area contributed by atoms with E-state index in [1.165, 1.54) is 22.8 Å². The van der Waals surface area contributed by atoms with Crippen LogP contribution >= 0.6 is 0 Å². The van der Waals surface area contributed by atoms with Crippen LogP contribution in [0.25, 0.3) is 10.9 Å². The Hall–Kier alpha value is -2.50. The zero-order valence-corrected chi connectivity index (χ0v) is 11.4. The van der Waals surface area contributed by atoms with Gasteiger partial charge in [0.1, 0.15) is 5.75 Å². The second kappa shape index (κ2) is 4.88. The average molecular weight is 277 g/mol. The van der Waals surface area contributed by atoms with Crippen molar-refractivity contribution >= 4 is 16.9 Å². The molecule has 0 spiro atoms. The van der Waals surface area contributed by atoms with Gasteiger partial charge in [-0.05, 0) is 26.0 Å². The highest BCUT2D eigenvalue weighted by molar-refractivity contribution is 5.89. The van der Waals surface area contributed by atoms with Gasteiger partial charge in [-0.2, -0.15) is 0 Å². The van der Waals surface area contributed by atoms with Gasteiger partial charge in [-0.15, -0.1) is 0 Å². The molecule has 0 unspecified atom stereocenters. The van der Waals surface area contributed by atoms with Crippen LogP contribution in [0.4, 0.5) is 0 Å². The zero-order chi connectivity index (χ0) is 15.0. The number of ether oxygens (including phenoxy) is 1. The minimum Gasteiger partial charge on any atom is -0.508 e. The summed E-state index contributed by atoms with van der Waals surface area (Å²) in [6.45, 7) is 4.71. The number of aromatic hydroxyl groups is 2. The topological polar surface area (TPSA) is 88.8 Å². The molecule has 1 aromatic carbocycles. The van der Waals surface area contributed by atoms with Crippen molar-refractivity contribution in [3.8, 4) is 17.2 Å². The third-order valence-electron chi connectivity index (χ3n) is 2.89. The Morgan fingerprint density at radius 3 is 2.50 bits per heavy atom. The predicted molar refractivity (Wildman–Crippen MR) is 73.2 cm³/mol. The van der Waals surface area contributed by atoms with Gasteiger partial charge in [-0.1, -0.05) is 0 Å². The van der Waals surface area contributed by atoms with Crippen molar-refractivity contribution in [3.05, 3.63) is 28.6 Å². The lowest BCUT2D eigenvalue weighted by Gasteiger charge is -2.17. The van der Waals surface area contributed by atoms with E-state index in [0.717, 1.165) is 6.92 Å². The van der Waals surface area contributed by atoms with Crippen LogP contribution in [-0.4, -0.2) is 20.7 Å². The van der Waals surface area contributed by atoms with Crippen molar-refractivity contribution in [3.63, 3.8) is 0 Å². The molecule has 6 heteroatoms. The van der Waals surface area contributed by atoms with Gasteiger partial charge in [0.15, 0.2) is 5.75 Å². The number of phenols is 1. The van der Waals surface area contributed by atoms with Crippen LogP contribution in [0.15, 0.2) is 23.0 Å². The van der Waals surface area contributed by atoms with Crippen molar-refractivity contribution < 1.29 is 19.7 Å². The molecule has 0 bridgehead atoms. The fourth-order valence-corrected chi connectivity index (χ4v) is 2.11. The van der Waals surface area contributed by atoms with Crippen molar-refractivity contribution in [1.82, 2.24) is 4.57 Å². The van der Waals surface area contributed by atoms with E-state index in [-0.39, 0.29) is 11.8 Å². The number of hydrogen-bond acceptors (Lipinski definition) is 5. The molecule has 0 fully saturated rings. The maximum absolute atomic E-state index is 12.3. The number of hydrogen-bond donors (Lipinski definition) is 2. The summed E-state index contributed by atoms with van der Waals surface area (Å²) in [5, 5.41) is 20.0. The lowest BCUT2D eigenvalue weighted by molar-refractivity contribution is -0.132. The first-order valence-electron chi connectivity index (χ1n) is 6.11. The van der Waals surface area contributed by atoms with Crippen molar-refractivity contribution in [1.29, 1.82) is 0 Å². The molecule has 0 amide bonds. The number of benzene rings is 1. The molecule has 2 aromatic rings. The van der Waals surface area contributed by atoms with Crippen LogP contribution < -0.4 is 10.3 Å². The Bertz CT molecular complexity index is 745. The van der Waals surface area contributed by atoms with E-state index in [1.807, 2.05) is 0 Å². The monoisotopic (exact) mass is 277 g/mol. The standard InChI is InChI=1S/C14H15NO5/c1-7(2)15-11-6-9(17)4-5-10(11)12(18)13(14(15)19)20-8(3)16/h4-7,17-18H,1-3H3. The van der Waals surface area contributed by atoms with E-state index in [9.17, 15) is 19.8 Å². The second-order valence-electron chi connectivity index (χ2n) is 4.74. The molecule has 1 aromatic heterocycles. The lowest BCUT2D eigenvalue weighted by atomic mass is 10.1. The summed E-state index contributed by atoms with van der Waals surface area (Å²) in [6, 6.07) is 4.00.